The maximum Gasteiger partial charge on any atom is 0.275 e. The van der Waals surface area contributed by atoms with Crippen molar-refractivity contribution in [3.63, 3.8) is 0 Å². The molecule has 5 nitrogen and oxygen atoms in total. The van der Waals surface area contributed by atoms with Gasteiger partial charge in [-0.1, -0.05) is 53.9 Å². The van der Waals surface area contributed by atoms with E-state index in [1.807, 2.05) is 37.3 Å². The van der Waals surface area contributed by atoms with Crippen LogP contribution < -0.4 is 5.56 Å². The lowest BCUT2D eigenvalue weighted by molar-refractivity contribution is 0.0758. The van der Waals surface area contributed by atoms with Crippen LogP contribution in [0.15, 0.2) is 71.5 Å². The van der Waals surface area contributed by atoms with Gasteiger partial charge in [0.1, 0.15) is 5.69 Å². The minimum absolute atomic E-state index is 0.152. The Morgan fingerprint density at radius 1 is 1.07 bits per heavy atom. The molecule has 0 radical (unpaired) electrons. The van der Waals surface area contributed by atoms with Crippen molar-refractivity contribution in [3.8, 4) is 18.0 Å². The van der Waals surface area contributed by atoms with Crippen LogP contribution >= 0.6 is 0 Å². The number of carbonyl (C=O) groups is 1. The monoisotopic (exact) mass is 357 g/mol. The molecule has 2 aromatic carbocycles. The summed E-state index contributed by atoms with van der Waals surface area (Å²) >= 11 is 0. The SMILES string of the molecule is C#CCN(Cc1ccc(C)cc1)C(=O)c1ccc(=O)n(-c2ccccc2)n1. The third kappa shape index (κ3) is 4.31. The second kappa shape index (κ2) is 8.15. The summed E-state index contributed by atoms with van der Waals surface area (Å²) in [5.41, 5.74) is 2.57. The minimum atomic E-state index is -0.321. The number of aryl methyl sites for hydroxylation is 1. The molecule has 1 aromatic heterocycles. The number of nitrogens with zero attached hydrogens (tertiary/aromatic N) is 3. The molecule has 0 saturated carbocycles. The predicted octanol–water partition coefficient (Wildman–Crippen LogP) is 2.82. The number of para-hydroxylation sites is 1. The number of aromatic nitrogens is 2. The van der Waals surface area contributed by atoms with E-state index < -0.39 is 0 Å². The van der Waals surface area contributed by atoms with Crippen LogP contribution in [0.2, 0.25) is 0 Å². The van der Waals surface area contributed by atoms with Gasteiger partial charge in [-0.25, -0.2) is 0 Å². The number of amides is 1. The largest absolute Gasteiger partial charge is 0.322 e. The van der Waals surface area contributed by atoms with Crippen LogP contribution in [0, 0.1) is 19.3 Å². The standard InChI is InChI=1S/C22H19N3O2/c1-3-15-24(16-18-11-9-17(2)10-12-18)22(27)20-13-14-21(26)25(23-20)19-7-5-4-6-8-19/h1,4-14H,15-16H2,2H3. The predicted molar refractivity (Wildman–Crippen MR) is 105 cm³/mol. The van der Waals surface area contributed by atoms with Gasteiger partial charge in [0.15, 0.2) is 0 Å². The van der Waals surface area contributed by atoms with E-state index in [1.54, 1.807) is 24.3 Å². The molecule has 3 aromatic rings. The molecule has 1 amide bonds. The van der Waals surface area contributed by atoms with Gasteiger partial charge in [-0.05, 0) is 30.7 Å². The zero-order valence-electron chi connectivity index (χ0n) is 15.0. The molecule has 0 aliphatic rings. The number of benzene rings is 2. The van der Waals surface area contributed by atoms with Gasteiger partial charge in [-0.15, -0.1) is 6.42 Å². The van der Waals surface area contributed by atoms with E-state index in [-0.39, 0.29) is 23.7 Å². The summed E-state index contributed by atoms with van der Waals surface area (Å²) < 4.78 is 1.22. The third-order valence-corrected chi connectivity index (χ3v) is 4.08. The topological polar surface area (TPSA) is 55.2 Å². The zero-order valence-corrected chi connectivity index (χ0v) is 15.0. The summed E-state index contributed by atoms with van der Waals surface area (Å²) in [6.07, 6.45) is 5.45. The van der Waals surface area contributed by atoms with E-state index in [9.17, 15) is 9.59 Å². The van der Waals surface area contributed by atoms with Crippen molar-refractivity contribution >= 4 is 5.91 Å². The van der Waals surface area contributed by atoms with Gasteiger partial charge in [0.05, 0.1) is 12.2 Å². The molecule has 0 bridgehead atoms. The summed E-state index contributed by atoms with van der Waals surface area (Å²) in [6.45, 7) is 2.53. The second-order valence-corrected chi connectivity index (χ2v) is 6.16. The summed E-state index contributed by atoms with van der Waals surface area (Å²) in [4.78, 5) is 26.6. The zero-order chi connectivity index (χ0) is 19.2. The van der Waals surface area contributed by atoms with E-state index >= 15 is 0 Å². The highest BCUT2D eigenvalue weighted by Gasteiger charge is 2.18. The van der Waals surface area contributed by atoms with Gasteiger partial charge >= 0.3 is 0 Å². The molecular formula is C22H19N3O2. The Morgan fingerprint density at radius 3 is 2.44 bits per heavy atom. The Labute approximate surface area is 157 Å². The smallest absolute Gasteiger partial charge is 0.275 e. The van der Waals surface area contributed by atoms with Crippen LogP contribution in [0.1, 0.15) is 21.6 Å². The second-order valence-electron chi connectivity index (χ2n) is 6.16. The van der Waals surface area contributed by atoms with Crippen molar-refractivity contribution in [1.29, 1.82) is 0 Å². The van der Waals surface area contributed by atoms with Crippen molar-refractivity contribution in [1.82, 2.24) is 14.7 Å². The van der Waals surface area contributed by atoms with Crippen LogP contribution in [-0.2, 0) is 6.54 Å². The Morgan fingerprint density at radius 2 is 1.78 bits per heavy atom. The quantitative estimate of drug-likeness (QED) is 0.660. The maximum absolute atomic E-state index is 13.0. The fourth-order valence-corrected chi connectivity index (χ4v) is 2.66. The highest BCUT2D eigenvalue weighted by atomic mass is 16.2. The first-order chi connectivity index (χ1) is 13.1. The average molecular weight is 357 g/mol. The van der Waals surface area contributed by atoms with Crippen LogP contribution in [-0.4, -0.2) is 27.1 Å². The van der Waals surface area contributed by atoms with E-state index in [1.165, 1.54) is 21.7 Å². The molecule has 3 rings (SSSR count). The highest BCUT2D eigenvalue weighted by molar-refractivity contribution is 5.92. The first-order valence-corrected chi connectivity index (χ1v) is 8.52. The first kappa shape index (κ1) is 18.2. The molecule has 27 heavy (non-hydrogen) atoms. The van der Waals surface area contributed by atoms with Crippen molar-refractivity contribution in [2.75, 3.05) is 6.54 Å². The summed E-state index contributed by atoms with van der Waals surface area (Å²) in [6, 6.07) is 19.6. The Hall–Kier alpha value is -3.65. The minimum Gasteiger partial charge on any atom is -0.322 e. The van der Waals surface area contributed by atoms with Gasteiger partial charge in [0, 0.05) is 12.6 Å². The fraction of sp³-hybridized carbons (Fsp3) is 0.136. The molecule has 134 valence electrons. The summed E-state index contributed by atoms with van der Waals surface area (Å²) in [5, 5.41) is 4.25. The van der Waals surface area contributed by atoms with Gasteiger partial charge in [0.2, 0.25) is 0 Å². The van der Waals surface area contributed by atoms with Gasteiger partial charge in [0.25, 0.3) is 11.5 Å². The first-order valence-electron chi connectivity index (χ1n) is 8.52. The van der Waals surface area contributed by atoms with Crippen molar-refractivity contribution in [2.24, 2.45) is 0 Å². The number of carbonyl (C=O) groups excluding carboxylic acids is 1. The van der Waals surface area contributed by atoms with Gasteiger partial charge in [-0.3, -0.25) is 9.59 Å². The average Bonchev–Trinajstić information content (AvgIpc) is 2.70. The number of rotatable bonds is 5. The lowest BCUT2D eigenvalue weighted by Crippen LogP contribution is -2.33. The lowest BCUT2D eigenvalue weighted by atomic mass is 10.1. The molecule has 0 aliphatic heterocycles. The molecule has 0 unspecified atom stereocenters. The number of terminal acetylenes is 1. The summed E-state index contributed by atoms with van der Waals surface area (Å²) in [7, 11) is 0. The molecule has 0 saturated heterocycles. The molecule has 0 atom stereocenters. The molecule has 0 N–H and O–H groups in total. The number of hydrogen-bond donors (Lipinski definition) is 0. The Bertz CT molecular complexity index is 1030. The van der Waals surface area contributed by atoms with Crippen LogP contribution in [0.25, 0.3) is 5.69 Å². The number of hydrogen-bond acceptors (Lipinski definition) is 3. The van der Waals surface area contributed by atoms with Crippen molar-refractivity contribution in [2.45, 2.75) is 13.5 Å². The van der Waals surface area contributed by atoms with E-state index in [0.29, 0.717) is 12.2 Å². The van der Waals surface area contributed by atoms with E-state index in [0.717, 1.165) is 11.1 Å². The Kier molecular flexibility index (Phi) is 5.48. The van der Waals surface area contributed by atoms with E-state index in [4.69, 9.17) is 6.42 Å². The van der Waals surface area contributed by atoms with Crippen LogP contribution in [0.5, 0.6) is 0 Å². The molecule has 1 heterocycles. The summed E-state index contributed by atoms with van der Waals surface area (Å²) in [5.74, 6) is 2.20. The molecular weight excluding hydrogens is 338 g/mol. The Balaban J connectivity index is 1.91. The van der Waals surface area contributed by atoms with E-state index in [2.05, 4.69) is 11.0 Å². The van der Waals surface area contributed by atoms with Gasteiger partial charge < -0.3 is 4.90 Å². The fourth-order valence-electron chi connectivity index (χ4n) is 2.66. The van der Waals surface area contributed by atoms with Gasteiger partial charge in [-0.2, -0.15) is 9.78 Å². The van der Waals surface area contributed by atoms with Crippen LogP contribution in [0.4, 0.5) is 0 Å². The van der Waals surface area contributed by atoms with Crippen molar-refractivity contribution in [3.05, 3.63) is 93.9 Å². The molecule has 0 spiro atoms. The molecule has 5 heteroatoms. The molecule has 0 aliphatic carbocycles. The van der Waals surface area contributed by atoms with Crippen molar-refractivity contribution < 1.29 is 4.79 Å². The normalized spacial score (nSPS) is 10.2. The highest BCUT2D eigenvalue weighted by Crippen LogP contribution is 2.10. The molecule has 0 fully saturated rings. The lowest BCUT2D eigenvalue weighted by Gasteiger charge is -2.20. The maximum atomic E-state index is 13.0. The van der Waals surface area contributed by atoms with Crippen LogP contribution in [0.3, 0.4) is 0 Å². The third-order valence-electron chi connectivity index (χ3n) is 4.08.